The van der Waals surface area contributed by atoms with Crippen LogP contribution in [0.3, 0.4) is 0 Å². The Morgan fingerprint density at radius 2 is 1.64 bits per heavy atom. The number of nitrogens with one attached hydrogen (secondary N) is 2. The fourth-order valence-corrected chi connectivity index (χ4v) is 2.32. The van der Waals surface area contributed by atoms with Gasteiger partial charge in [0.05, 0.1) is 11.3 Å². The van der Waals surface area contributed by atoms with E-state index in [1.54, 1.807) is 0 Å². The summed E-state index contributed by atoms with van der Waals surface area (Å²) in [4.78, 5) is 16.2. The largest absolute Gasteiger partial charge is 0.416 e. The first-order valence-corrected chi connectivity index (χ1v) is 7.89. The van der Waals surface area contributed by atoms with Crippen molar-refractivity contribution in [1.29, 1.82) is 0 Å². The van der Waals surface area contributed by atoms with Crippen molar-refractivity contribution < 1.29 is 26.7 Å². The van der Waals surface area contributed by atoms with Crippen LogP contribution in [-0.2, 0) is 6.18 Å². The summed E-state index contributed by atoms with van der Waals surface area (Å²) in [6.45, 7) is 0. The summed E-state index contributed by atoms with van der Waals surface area (Å²) < 4.78 is 64.4. The third kappa shape index (κ3) is 4.61. The number of nitrogens with zero attached hydrogens (tertiary/aromatic N) is 1. The van der Waals surface area contributed by atoms with E-state index >= 15 is 0 Å². The molecular weight excluding hydrogens is 381 g/mol. The van der Waals surface area contributed by atoms with Gasteiger partial charge in [-0.3, -0.25) is 4.79 Å². The van der Waals surface area contributed by atoms with Crippen LogP contribution >= 0.6 is 0 Å². The molecule has 1 amide bonds. The smallest absolute Gasteiger partial charge is 0.340 e. The van der Waals surface area contributed by atoms with Crippen LogP contribution in [0.15, 0.2) is 60.8 Å². The van der Waals surface area contributed by atoms with Gasteiger partial charge in [-0.25, -0.2) is 13.8 Å². The molecule has 9 heteroatoms. The summed E-state index contributed by atoms with van der Waals surface area (Å²) in [6, 6.07) is 9.72. The van der Waals surface area contributed by atoms with Gasteiger partial charge in [-0.1, -0.05) is 0 Å². The summed E-state index contributed by atoms with van der Waals surface area (Å²) in [5.74, 6) is -2.16. The molecule has 0 aliphatic rings. The standard InChI is InChI=1S/C19H12F5N3O/c20-13-3-6-16(15(21)10-13)27-18(28)11-7-8-25-17(9-11)26-14-4-1-12(2-5-14)19(22,23)24/h1-10H,(H,25,26)(H,27,28). The Labute approximate surface area is 156 Å². The highest BCUT2D eigenvalue weighted by Gasteiger charge is 2.29. The molecule has 3 aromatic rings. The number of halogens is 5. The minimum absolute atomic E-state index is 0.119. The molecule has 2 N–H and O–H groups in total. The topological polar surface area (TPSA) is 54.0 Å². The second-order valence-corrected chi connectivity index (χ2v) is 5.71. The number of hydrogen-bond acceptors (Lipinski definition) is 3. The van der Waals surface area contributed by atoms with Crippen molar-refractivity contribution in [2.24, 2.45) is 0 Å². The average molecular weight is 393 g/mol. The first-order chi connectivity index (χ1) is 13.2. The Bertz CT molecular complexity index is 1000. The van der Waals surface area contributed by atoms with Crippen molar-refractivity contribution in [3.8, 4) is 0 Å². The van der Waals surface area contributed by atoms with Crippen molar-refractivity contribution in [2.45, 2.75) is 6.18 Å². The number of aromatic nitrogens is 1. The molecule has 0 saturated heterocycles. The van der Waals surface area contributed by atoms with E-state index in [9.17, 15) is 26.7 Å². The third-order valence-electron chi connectivity index (χ3n) is 3.69. The molecule has 28 heavy (non-hydrogen) atoms. The number of benzene rings is 2. The number of alkyl halides is 3. The van der Waals surface area contributed by atoms with Gasteiger partial charge < -0.3 is 10.6 Å². The predicted molar refractivity (Wildman–Crippen MR) is 93.3 cm³/mol. The van der Waals surface area contributed by atoms with Crippen LogP contribution in [0, 0.1) is 11.6 Å². The lowest BCUT2D eigenvalue weighted by Crippen LogP contribution is -2.13. The molecule has 4 nitrogen and oxygen atoms in total. The van der Waals surface area contributed by atoms with Gasteiger partial charge >= 0.3 is 6.18 Å². The van der Waals surface area contributed by atoms with E-state index in [2.05, 4.69) is 15.6 Å². The Kier molecular flexibility index (Phi) is 5.25. The molecule has 0 radical (unpaired) electrons. The van der Waals surface area contributed by atoms with E-state index in [4.69, 9.17) is 0 Å². The van der Waals surface area contributed by atoms with Gasteiger partial charge in [0.1, 0.15) is 17.5 Å². The van der Waals surface area contributed by atoms with Crippen molar-refractivity contribution in [2.75, 3.05) is 10.6 Å². The van der Waals surface area contributed by atoms with Crippen LogP contribution in [0.1, 0.15) is 15.9 Å². The molecule has 0 fully saturated rings. The molecule has 1 heterocycles. The summed E-state index contributed by atoms with van der Waals surface area (Å²) >= 11 is 0. The number of amides is 1. The highest BCUT2D eigenvalue weighted by atomic mass is 19.4. The zero-order chi connectivity index (χ0) is 20.3. The summed E-state index contributed by atoms with van der Waals surface area (Å²) in [6.07, 6.45) is -3.13. The van der Waals surface area contributed by atoms with E-state index in [0.29, 0.717) is 11.8 Å². The van der Waals surface area contributed by atoms with Gasteiger partial charge in [0.2, 0.25) is 0 Å². The van der Waals surface area contributed by atoms with Crippen molar-refractivity contribution >= 4 is 23.1 Å². The quantitative estimate of drug-likeness (QED) is 0.586. The Hall–Kier alpha value is -3.49. The number of rotatable bonds is 4. The lowest BCUT2D eigenvalue weighted by molar-refractivity contribution is -0.137. The lowest BCUT2D eigenvalue weighted by Gasteiger charge is -2.10. The Morgan fingerprint density at radius 1 is 0.929 bits per heavy atom. The van der Waals surface area contributed by atoms with Gasteiger partial charge in [-0.05, 0) is 48.5 Å². The maximum atomic E-state index is 13.7. The summed E-state index contributed by atoms with van der Waals surface area (Å²) in [5, 5.41) is 5.09. The monoisotopic (exact) mass is 393 g/mol. The Morgan fingerprint density at radius 3 is 2.29 bits per heavy atom. The number of pyridine rings is 1. The molecule has 144 valence electrons. The molecule has 0 aliphatic heterocycles. The minimum atomic E-state index is -4.44. The zero-order valence-electron chi connectivity index (χ0n) is 14.0. The van der Waals surface area contributed by atoms with E-state index in [0.717, 1.165) is 24.3 Å². The van der Waals surface area contributed by atoms with E-state index in [1.807, 2.05) is 0 Å². The number of anilines is 3. The molecular formula is C19H12F5N3O. The molecule has 0 aliphatic carbocycles. The van der Waals surface area contributed by atoms with Crippen LogP contribution in [0.25, 0.3) is 0 Å². The number of carbonyl (C=O) groups is 1. The highest BCUT2D eigenvalue weighted by molar-refractivity contribution is 6.04. The lowest BCUT2D eigenvalue weighted by atomic mass is 10.2. The van der Waals surface area contributed by atoms with E-state index in [-0.39, 0.29) is 17.1 Å². The maximum absolute atomic E-state index is 13.7. The molecule has 2 aromatic carbocycles. The first kappa shape index (κ1) is 19.3. The van der Waals surface area contributed by atoms with Crippen LogP contribution < -0.4 is 10.6 Å². The fraction of sp³-hybridized carbons (Fsp3) is 0.0526. The van der Waals surface area contributed by atoms with E-state index < -0.39 is 29.3 Å². The summed E-state index contributed by atoms with van der Waals surface area (Å²) in [5.41, 5.74) is -0.531. The van der Waals surface area contributed by atoms with Crippen LogP contribution in [0.2, 0.25) is 0 Å². The van der Waals surface area contributed by atoms with Crippen LogP contribution in [0.4, 0.5) is 39.1 Å². The van der Waals surface area contributed by atoms with Gasteiger partial charge in [0.25, 0.3) is 5.91 Å². The first-order valence-electron chi connectivity index (χ1n) is 7.89. The second-order valence-electron chi connectivity index (χ2n) is 5.71. The van der Waals surface area contributed by atoms with Crippen molar-refractivity contribution in [1.82, 2.24) is 4.98 Å². The number of hydrogen-bond donors (Lipinski definition) is 2. The third-order valence-corrected chi connectivity index (χ3v) is 3.69. The molecule has 0 spiro atoms. The molecule has 0 atom stereocenters. The van der Waals surface area contributed by atoms with Crippen LogP contribution in [0.5, 0.6) is 0 Å². The molecule has 0 unspecified atom stereocenters. The molecule has 3 rings (SSSR count). The molecule has 1 aromatic heterocycles. The van der Waals surface area contributed by atoms with Gasteiger partial charge in [-0.2, -0.15) is 13.2 Å². The molecule has 0 bridgehead atoms. The Balaban J connectivity index is 1.73. The summed E-state index contributed by atoms with van der Waals surface area (Å²) in [7, 11) is 0. The van der Waals surface area contributed by atoms with Crippen molar-refractivity contribution in [3.63, 3.8) is 0 Å². The fourth-order valence-electron chi connectivity index (χ4n) is 2.32. The predicted octanol–water partition coefficient (Wildman–Crippen LogP) is 5.37. The average Bonchev–Trinajstić information content (AvgIpc) is 2.64. The van der Waals surface area contributed by atoms with E-state index in [1.165, 1.54) is 30.5 Å². The minimum Gasteiger partial charge on any atom is -0.340 e. The van der Waals surface area contributed by atoms with Gasteiger partial charge in [-0.15, -0.1) is 0 Å². The number of carbonyl (C=O) groups excluding carboxylic acids is 1. The van der Waals surface area contributed by atoms with Crippen LogP contribution in [-0.4, -0.2) is 10.9 Å². The normalized spacial score (nSPS) is 11.2. The van der Waals surface area contributed by atoms with Gasteiger partial charge in [0.15, 0.2) is 0 Å². The molecule has 0 saturated carbocycles. The van der Waals surface area contributed by atoms with Gasteiger partial charge in [0, 0.05) is 23.5 Å². The SMILES string of the molecule is O=C(Nc1ccc(F)cc1F)c1ccnc(Nc2ccc(C(F)(F)F)cc2)c1. The zero-order valence-corrected chi connectivity index (χ0v) is 14.0. The second kappa shape index (κ2) is 7.63. The highest BCUT2D eigenvalue weighted by Crippen LogP contribution is 2.30. The van der Waals surface area contributed by atoms with Crippen molar-refractivity contribution in [3.05, 3.63) is 83.6 Å². The maximum Gasteiger partial charge on any atom is 0.416 e.